The van der Waals surface area contributed by atoms with Crippen molar-refractivity contribution in [3.05, 3.63) is 0 Å². The zero-order chi connectivity index (χ0) is 13.5. The van der Waals surface area contributed by atoms with Gasteiger partial charge in [0.1, 0.15) is 12.1 Å². The van der Waals surface area contributed by atoms with E-state index in [9.17, 15) is 9.59 Å². The Kier molecular flexibility index (Phi) is 6.57. The molecule has 0 aliphatic rings. The van der Waals surface area contributed by atoms with E-state index in [2.05, 4.69) is 0 Å². The molecule has 1 amide bonds. The quantitative estimate of drug-likeness (QED) is 0.683. The fourth-order valence-electron chi connectivity index (χ4n) is 1.17. The molecule has 0 spiro atoms. The van der Waals surface area contributed by atoms with Crippen LogP contribution >= 0.6 is 0 Å². The zero-order valence-corrected chi connectivity index (χ0v) is 10.7. The molecule has 0 radical (unpaired) electrons. The van der Waals surface area contributed by atoms with E-state index >= 15 is 0 Å². The molecule has 6 heteroatoms. The minimum Gasteiger partial charge on any atom is -0.480 e. The Morgan fingerprint density at radius 2 is 1.88 bits per heavy atom. The zero-order valence-electron chi connectivity index (χ0n) is 10.7. The third-order valence-electron chi connectivity index (χ3n) is 1.86. The number of nitrogens with two attached hydrogens (primary N) is 1. The van der Waals surface area contributed by atoms with Crippen LogP contribution in [0, 0.1) is 0 Å². The fourth-order valence-corrected chi connectivity index (χ4v) is 1.17. The third-order valence-corrected chi connectivity index (χ3v) is 1.86. The van der Waals surface area contributed by atoms with Crippen LogP contribution in [0.15, 0.2) is 0 Å². The number of nitrogens with zero attached hydrogens (tertiary/aromatic N) is 1. The second-order valence-electron chi connectivity index (χ2n) is 4.79. The number of carboxylic acid groups (broad SMARTS) is 1. The molecule has 0 atom stereocenters. The van der Waals surface area contributed by atoms with Gasteiger partial charge in [0.25, 0.3) is 0 Å². The van der Waals surface area contributed by atoms with Gasteiger partial charge in [-0.15, -0.1) is 0 Å². The van der Waals surface area contributed by atoms with Crippen molar-refractivity contribution in [3.8, 4) is 0 Å². The summed E-state index contributed by atoms with van der Waals surface area (Å²) in [6, 6.07) is 0. The lowest BCUT2D eigenvalue weighted by Crippen LogP contribution is -2.40. The molecule has 0 saturated carbocycles. The Hall–Kier alpha value is -1.30. The lowest BCUT2D eigenvalue weighted by atomic mass is 10.2. The van der Waals surface area contributed by atoms with Gasteiger partial charge in [0.05, 0.1) is 0 Å². The normalized spacial score (nSPS) is 11.1. The van der Waals surface area contributed by atoms with Gasteiger partial charge in [0, 0.05) is 6.54 Å². The number of amides is 1. The van der Waals surface area contributed by atoms with Crippen LogP contribution in [0.5, 0.6) is 0 Å². The molecular formula is C11H22N2O4. The van der Waals surface area contributed by atoms with Crippen LogP contribution in [0.3, 0.4) is 0 Å². The van der Waals surface area contributed by atoms with Gasteiger partial charge in [-0.3, -0.25) is 9.69 Å². The van der Waals surface area contributed by atoms with E-state index in [4.69, 9.17) is 15.6 Å². The van der Waals surface area contributed by atoms with E-state index in [1.165, 1.54) is 4.90 Å². The molecule has 0 aromatic carbocycles. The second-order valence-corrected chi connectivity index (χ2v) is 4.79. The summed E-state index contributed by atoms with van der Waals surface area (Å²) in [5.74, 6) is -1.05. The first kappa shape index (κ1) is 15.7. The van der Waals surface area contributed by atoms with Gasteiger partial charge in [0.2, 0.25) is 0 Å². The molecule has 17 heavy (non-hydrogen) atoms. The average molecular weight is 246 g/mol. The summed E-state index contributed by atoms with van der Waals surface area (Å²) in [5.41, 5.74) is 4.72. The number of hydrogen-bond acceptors (Lipinski definition) is 4. The second kappa shape index (κ2) is 7.11. The van der Waals surface area contributed by atoms with Crippen molar-refractivity contribution in [2.75, 3.05) is 19.6 Å². The van der Waals surface area contributed by atoms with Crippen molar-refractivity contribution in [3.63, 3.8) is 0 Å². The molecule has 0 rings (SSSR count). The van der Waals surface area contributed by atoms with E-state index in [1.54, 1.807) is 20.8 Å². The maximum Gasteiger partial charge on any atom is 0.410 e. The molecule has 0 fully saturated rings. The number of carboxylic acids is 1. The lowest BCUT2D eigenvalue weighted by Gasteiger charge is -2.26. The Morgan fingerprint density at radius 1 is 1.29 bits per heavy atom. The number of carbonyl (C=O) groups is 2. The first-order valence-corrected chi connectivity index (χ1v) is 5.66. The van der Waals surface area contributed by atoms with Crippen LogP contribution in [0.1, 0.15) is 33.6 Å². The van der Waals surface area contributed by atoms with Gasteiger partial charge in [-0.2, -0.15) is 0 Å². The van der Waals surface area contributed by atoms with Crippen LogP contribution in [0.4, 0.5) is 4.79 Å². The van der Waals surface area contributed by atoms with Crippen LogP contribution in [-0.2, 0) is 9.53 Å². The smallest absolute Gasteiger partial charge is 0.410 e. The highest BCUT2D eigenvalue weighted by Gasteiger charge is 2.23. The number of aliphatic carboxylic acids is 1. The molecule has 0 saturated heterocycles. The monoisotopic (exact) mass is 246 g/mol. The summed E-state index contributed by atoms with van der Waals surface area (Å²) >= 11 is 0. The minimum absolute atomic E-state index is 0.346. The third kappa shape index (κ3) is 8.50. The molecule has 100 valence electrons. The average Bonchev–Trinajstić information content (AvgIpc) is 2.13. The number of hydrogen-bond donors (Lipinski definition) is 2. The highest BCUT2D eigenvalue weighted by atomic mass is 16.6. The maximum atomic E-state index is 11.7. The van der Waals surface area contributed by atoms with Crippen LogP contribution in [0.25, 0.3) is 0 Å². The van der Waals surface area contributed by atoms with E-state index in [1.807, 2.05) is 0 Å². The molecule has 0 unspecified atom stereocenters. The summed E-state index contributed by atoms with van der Waals surface area (Å²) in [7, 11) is 0. The topological polar surface area (TPSA) is 92.9 Å². The Balaban J connectivity index is 4.34. The summed E-state index contributed by atoms with van der Waals surface area (Å²) in [4.78, 5) is 23.5. The Labute approximate surface area is 102 Å². The number of rotatable bonds is 6. The number of unbranched alkanes of at least 4 members (excludes halogenated alkanes) is 1. The lowest BCUT2D eigenvalue weighted by molar-refractivity contribution is -0.138. The highest BCUT2D eigenvalue weighted by molar-refractivity contribution is 5.76. The van der Waals surface area contributed by atoms with E-state index in [0.717, 1.165) is 6.42 Å². The standard InChI is InChI=1S/C11H22N2O4/c1-11(2,3)17-10(16)13(8-9(14)15)7-5-4-6-12/h4-8,12H2,1-3H3,(H,14,15). The van der Waals surface area contributed by atoms with Crippen molar-refractivity contribution in [1.82, 2.24) is 4.90 Å². The van der Waals surface area contributed by atoms with Crippen molar-refractivity contribution in [1.29, 1.82) is 0 Å². The first-order valence-electron chi connectivity index (χ1n) is 5.66. The molecule has 6 nitrogen and oxygen atoms in total. The molecule has 0 heterocycles. The summed E-state index contributed by atoms with van der Waals surface area (Å²) in [5, 5.41) is 8.71. The van der Waals surface area contributed by atoms with E-state index in [-0.39, 0.29) is 6.54 Å². The summed E-state index contributed by atoms with van der Waals surface area (Å²) < 4.78 is 5.12. The van der Waals surface area contributed by atoms with Gasteiger partial charge in [-0.25, -0.2) is 4.79 Å². The Bertz CT molecular complexity index is 261. The number of ether oxygens (including phenoxy) is 1. The van der Waals surface area contributed by atoms with Crippen molar-refractivity contribution in [2.45, 2.75) is 39.2 Å². The molecule has 0 aliphatic heterocycles. The van der Waals surface area contributed by atoms with E-state index < -0.39 is 17.7 Å². The van der Waals surface area contributed by atoms with Gasteiger partial charge in [-0.05, 0) is 40.2 Å². The summed E-state index contributed by atoms with van der Waals surface area (Å²) in [6.45, 7) is 5.74. The largest absolute Gasteiger partial charge is 0.480 e. The van der Waals surface area contributed by atoms with Gasteiger partial charge < -0.3 is 15.6 Å². The molecule has 0 bridgehead atoms. The maximum absolute atomic E-state index is 11.7. The van der Waals surface area contributed by atoms with E-state index in [0.29, 0.717) is 19.5 Å². The summed E-state index contributed by atoms with van der Waals surface area (Å²) in [6.07, 6.45) is 0.819. The Morgan fingerprint density at radius 3 is 2.29 bits per heavy atom. The highest BCUT2D eigenvalue weighted by Crippen LogP contribution is 2.10. The molecule has 0 aliphatic carbocycles. The number of carbonyl (C=O) groups excluding carboxylic acids is 1. The van der Waals surface area contributed by atoms with Gasteiger partial charge in [0.15, 0.2) is 0 Å². The van der Waals surface area contributed by atoms with Crippen LogP contribution in [0.2, 0.25) is 0 Å². The van der Waals surface area contributed by atoms with Crippen molar-refractivity contribution in [2.24, 2.45) is 5.73 Å². The van der Waals surface area contributed by atoms with Crippen molar-refractivity contribution < 1.29 is 19.4 Å². The SMILES string of the molecule is CC(C)(C)OC(=O)N(CCCCN)CC(=O)O. The predicted octanol–water partition coefficient (Wildman–Crippen LogP) is 1.05. The molecular weight excluding hydrogens is 224 g/mol. The van der Waals surface area contributed by atoms with Gasteiger partial charge in [-0.1, -0.05) is 0 Å². The fraction of sp³-hybridized carbons (Fsp3) is 0.818. The molecule has 0 aromatic rings. The first-order chi connectivity index (χ1) is 7.76. The van der Waals surface area contributed by atoms with Crippen LogP contribution in [-0.4, -0.2) is 47.3 Å². The minimum atomic E-state index is -1.05. The van der Waals surface area contributed by atoms with Crippen LogP contribution < -0.4 is 5.73 Å². The predicted molar refractivity (Wildman–Crippen MR) is 63.7 cm³/mol. The van der Waals surface area contributed by atoms with Crippen molar-refractivity contribution >= 4 is 12.1 Å². The molecule has 3 N–H and O–H groups in total. The molecule has 0 aromatic heterocycles. The van der Waals surface area contributed by atoms with Gasteiger partial charge >= 0.3 is 12.1 Å².